The average molecular weight is 383 g/mol. The van der Waals surface area contributed by atoms with Crippen molar-refractivity contribution in [1.29, 1.82) is 0 Å². The van der Waals surface area contributed by atoms with Crippen LogP contribution in [0, 0.1) is 0 Å². The fraction of sp³-hybridized carbons (Fsp3) is 0.450. The van der Waals surface area contributed by atoms with Crippen LogP contribution in [-0.4, -0.2) is 68.5 Å². The lowest BCUT2D eigenvalue weighted by atomic mass is 10.2. The molecule has 0 spiro atoms. The summed E-state index contributed by atoms with van der Waals surface area (Å²) in [5.74, 6) is 2.43. The highest BCUT2D eigenvalue weighted by atomic mass is 16.5. The quantitative estimate of drug-likeness (QED) is 0.862. The summed E-state index contributed by atoms with van der Waals surface area (Å²) in [6, 6.07) is 9.68. The van der Waals surface area contributed by atoms with Crippen molar-refractivity contribution >= 4 is 23.2 Å². The summed E-state index contributed by atoms with van der Waals surface area (Å²) in [7, 11) is 0. The molecule has 1 aromatic carbocycles. The molecule has 2 saturated heterocycles. The Bertz CT molecular complexity index is 779. The monoisotopic (exact) mass is 383 g/mol. The first-order chi connectivity index (χ1) is 13.7. The number of hydrogen-bond acceptors (Lipinski definition) is 7. The summed E-state index contributed by atoms with van der Waals surface area (Å²) < 4.78 is 11.0. The molecule has 0 saturated carbocycles. The molecule has 0 unspecified atom stereocenters. The van der Waals surface area contributed by atoms with E-state index in [1.54, 1.807) is 0 Å². The van der Waals surface area contributed by atoms with Gasteiger partial charge in [-0.1, -0.05) is 0 Å². The Balaban J connectivity index is 1.67. The predicted molar refractivity (Wildman–Crippen MR) is 108 cm³/mol. The zero-order valence-corrected chi connectivity index (χ0v) is 16.1. The molecule has 8 heteroatoms. The second kappa shape index (κ2) is 8.53. The Morgan fingerprint density at radius 1 is 0.893 bits per heavy atom. The van der Waals surface area contributed by atoms with E-state index < -0.39 is 0 Å². The number of nitrogens with one attached hydrogen (secondary N) is 1. The van der Waals surface area contributed by atoms with Crippen LogP contribution in [0.3, 0.4) is 0 Å². The van der Waals surface area contributed by atoms with Crippen molar-refractivity contribution < 1.29 is 14.3 Å². The molecule has 0 radical (unpaired) electrons. The molecule has 28 heavy (non-hydrogen) atoms. The van der Waals surface area contributed by atoms with Crippen LogP contribution in [0.5, 0.6) is 0 Å². The van der Waals surface area contributed by atoms with Crippen LogP contribution in [0.1, 0.15) is 6.92 Å². The van der Waals surface area contributed by atoms with Gasteiger partial charge in [0.25, 0.3) is 0 Å². The Morgan fingerprint density at radius 3 is 1.86 bits per heavy atom. The van der Waals surface area contributed by atoms with Gasteiger partial charge in [0.15, 0.2) is 5.82 Å². The van der Waals surface area contributed by atoms with E-state index >= 15 is 0 Å². The summed E-state index contributed by atoms with van der Waals surface area (Å²) in [6.45, 7) is 7.60. The maximum absolute atomic E-state index is 11.2. The number of carbonyl (C=O) groups is 1. The first kappa shape index (κ1) is 18.6. The third kappa shape index (κ3) is 4.40. The fourth-order valence-corrected chi connectivity index (χ4v) is 3.37. The van der Waals surface area contributed by atoms with Crippen LogP contribution >= 0.6 is 0 Å². The maximum atomic E-state index is 11.2. The van der Waals surface area contributed by atoms with Crippen LogP contribution in [-0.2, 0) is 14.3 Å². The van der Waals surface area contributed by atoms with Crippen molar-refractivity contribution in [2.75, 3.05) is 67.7 Å². The summed E-state index contributed by atoms with van der Waals surface area (Å²) in [5, 5.41) is 2.79. The number of amides is 1. The average Bonchev–Trinajstić information content (AvgIpc) is 2.75. The molecule has 2 aliphatic heterocycles. The SMILES string of the molecule is CC(=O)Nc1ccc(-c2nc(N3CCOCC3)cc(N3CCOCC3)n2)cc1. The van der Waals surface area contributed by atoms with Gasteiger partial charge in [-0.3, -0.25) is 4.79 Å². The van der Waals surface area contributed by atoms with Gasteiger partial charge < -0.3 is 24.6 Å². The van der Waals surface area contributed by atoms with Crippen molar-refractivity contribution in [2.24, 2.45) is 0 Å². The standard InChI is InChI=1S/C20H25N5O3/c1-15(26)21-17-4-2-16(3-5-17)20-22-18(24-6-10-27-11-7-24)14-19(23-20)25-8-12-28-13-9-25/h2-5,14H,6-13H2,1H3,(H,21,26). The van der Waals surface area contributed by atoms with Gasteiger partial charge in [0.1, 0.15) is 11.6 Å². The molecule has 8 nitrogen and oxygen atoms in total. The first-order valence-corrected chi connectivity index (χ1v) is 9.61. The minimum Gasteiger partial charge on any atom is -0.378 e. The number of anilines is 3. The molecule has 4 rings (SSSR count). The van der Waals surface area contributed by atoms with Gasteiger partial charge in [0, 0.05) is 50.4 Å². The highest BCUT2D eigenvalue weighted by Crippen LogP contribution is 2.26. The molecule has 0 atom stereocenters. The Hall–Kier alpha value is -2.71. The second-order valence-corrected chi connectivity index (χ2v) is 6.87. The summed E-state index contributed by atoms with van der Waals surface area (Å²) in [6.07, 6.45) is 0. The van der Waals surface area contributed by atoms with Crippen LogP contribution in [0.25, 0.3) is 11.4 Å². The van der Waals surface area contributed by atoms with Crippen LogP contribution < -0.4 is 15.1 Å². The van der Waals surface area contributed by atoms with Gasteiger partial charge in [-0.2, -0.15) is 0 Å². The van der Waals surface area contributed by atoms with Gasteiger partial charge in [-0.15, -0.1) is 0 Å². The number of morpholine rings is 2. The molecule has 3 heterocycles. The van der Waals surface area contributed by atoms with Gasteiger partial charge >= 0.3 is 0 Å². The fourth-order valence-electron chi connectivity index (χ4n) is 3.37. The van der Waals surface area contributed by atoms with Crippen molar-refractivity contribution in [1.82, 2.24) is 9.97 Å². The highest BCUT2D eigenvalue weighted by molar-refractivity contribution is 5.88. The summed E-state index contributed by atoms with van der Waals surface area (Å²) >= 11 is 0. The molecule has 1 N–H and O–H groups in total. The largest absolute Gasteiger partial charge is 0.378 e. The van der Waals surface area contributed by atoms with Crippen molar-refractivity contribution in [2.45, 2.75) is 6.92 Å². The van der Waals surface area contributed by atoms with E-state index in [2.05, 4.69) is 21.2 Å². The lowest BCUT2D eigenvalue weighted by Gasteiger charge is -2.31. The van der Waals surface area contributed by atoms with E-state index in [4.69, 9.17) is 19.4 Å². The number of nitrogens with zero attached hydrogens (tertiary/aromatic N) is 4. The van der Waals surface area contributed by atoms with Gasteiger partial charge in [0.05, 0.1) is 26.4 Å². The molecule has 1 amide bonds. The topological polar surface area (TPSA) is 79.8 Å². The minimum absolute atomic E-state index is 0.0899. The summed E-state index contributed by atoms with van der Waals surface area (Å²) in [4.78, 5) is 25.4. The molecule has 2 fully saturated rings. The number of hydrogen-bond donors (Lipinski definition) is 1. The van der Waals surface area contributed by atoms with Crippen LogP contribution in [0.2, 0.25) is 0 Å². The Morgan fingerprint density at radius 2 is 1.39 bits per heavy atom. The van der Waals surface area contributed by atoms with Gasteiger partial charge in [0.2, 0.25) is 5.91 Å². The van der Waals surface area contributed by atoms with Gasteiger partial charge in [-0.05, 0) is 24.3 Å². The molecular weight excluding hydrogens is 358 g/mol. The maximum Gasteiger partial charge on any atom is 0.221 e. The molecule has 148 valence electrons. The number of benzene rings is 1. The zero-order chi connectivity index (χ0) is 19.3. The summed E-state index contributed by atoms with van der Waals surface area (Å²) in [5.41, 5.74) is 1.67. The molecule has 1 aromatic heterocycles. The number of rotatable bonds is 4. The van der Waals surface area contributed by atoms with Crippen molar-refractivity contribution in [3.05, 3.63) is 30.3 Å². The lowest BCUT2D eigenvalue weighted by Crippen LogP contribution is -2.38. The first-order valence-electron chi connectivity index (χ1n) is 9.61. The van der Waals surface area contributed by atoms with E-state index in [0.29, 0.717) is 32.3 Å². The zero-order valence-electron chi connectivity index (χ0n) is 16.1. The molecule has 0 aliphatic carbocycles. The van der Waals surface area contributed by atoms with Crippen molar-refractivity contribution in [3.8, 4) is 11.4 Å². The molecule has 2 aliphatic rings. The number of aromatic nitrogens is 2. The van der Waals surface area contributed by atoms with E-state index in [1.165, 1.54) is 6.92 Å². The minimum atomic E-state index is -0.0899. The Kier molecular flexibility index (Phi) is 5.68. The highest BCUT2D eigenvalue weighted by Gasteiger charge is 2.19. The molecule has 0 bridgehead atoms. The smallest absolute Gasteiger partial charge is 0.221 e. The van der Waals surface area contributed by atoms with Crippen LogP contribution in [0.4, 0.5) is 17.3 Å². The second-order valence-electron chi connectivity index (χ2n) is 6.87. The van der Waals surface area contributed by atoms with Crippen LogP contribution in [0.15, 0.2) is 30.3 Å². The lowest BCUT2D eigenvalue weighted by molar-refractivity contribution is -0.114. The van der Waals surface area contributed by atoms with Crippen molar-refractivity contribution in [3.63, 3.8) is 0 Å². The predicted octanol–water partition coefficient (Wildman–Crippen LogP) is 1.78. The van der Waals surface area contributed by atoms with E-state index in [-0.39, 0.29) is 5.91 Å². The molecule has 2 aromatic rings. The molecular formula is C20H25N5O3. The van der Waals surface area contributed by atoms with E-state index in [1.807, 2.05) is 24.3 Å². The number of carbonyl (C=O) groups excluding carboxylic acids is 1. The third-order valence-corrected chi connectivity index (χ3v) is 4.83. The normalized spacial score (nSPS) is 17.5. The number of ether oxygens (including phenoxy) is 2. The Labute approximate surface area is 164 Å². The van der Waals surface area contributed by atoms with E-state index in [9.17, 15) is 4.79 Å². The third-order valence-electron chi connectivity index (χ3n) is 4.83. The van der Waals surface area contributed by atoms with E-state index in [0.717, 1.165) is 49.1 Å². The van der Waals surface area contributed by atoms with Gasteiger partial charge in [-0.25, -0.2) is 9.97 Å².